The van der Waals surface area contributed by atoms with Crippen LogP contribution in [-0.2, 0) is 17.8 Å². The quantitative estimate of drug-likeness (QED) is 0.855. The molecule has 0 spiro atoms. The Balaban J connectivity index is 2.00. The van der Waals surface area contributed by atoms with Gasteiger partial charge in [0.25, 0.3) is 5.91 Å². The van der Waals surface area contributed by atoms with E-state index in [4.69, 9.17) is 16.3 Å². The third kappa shape index (κ3) is 2.76. The SMILES string of the molecule is COCc1ncsc1C(=O)N1CCCc2cc(Cl)cc(C)c21. The first kappa shape index (κ1) is 15.5. The second kappa shape index (κ2) is 6.36. The van der Waals surface area contributed by atoms with E-state index in [1.54, 1.807) is 12.6 Å². The van der Waals surface area contributed by atoms with E-state index < -0.39 is 0 Å². The first-order valence-corrected chi connectivity index (χ1v) is 8.39. The Bertz CT molecular complexity index is 714. The van der Waals surface area contributed by atoms with Gasteiger partial charge in [0.2, 0.25) is 0 Å². The lowest BCUT2D eigenvalue weighted by molar-refractivity contribution is 0.0983. The molecule has 1 aliphatic heterocycles. The van der Waals surface area contributed by atoms with Crippen molar-refractivity contribution in [2.45, 2.75) is 26.4 Å². The molecule has 0 atom stereocenters. The molecule has 1 aliphatic rings. The summed E-state index contributed by atoms with van der Waals surface area (Å²) in [6.45, 7) is 3.07. The number of thiazole rings is 1. The topological polar surface area (TPSA) is 42.4 Å². The monoisotopic (exact) mass is 336 g/mol. The van der Waals surface area contributed by atoms with Crippen LogP contribution in [-0.4, -0.2) is 24.5 Å². The van der Waals surface area contributed by atoms with Gasteiger partial charge in [0.1, 0.15) is 4.88 Å². The fraction of sp³-hybridized carbons (Fsp3) is 0.375. The Morgan fingerprint density at radius 1 is 1.50 bits per heavy atom. The van der Waals surface area contributed by atoms with Crippen LogP contribution in [0.3, 0.4) is 0 Å². The van der Waals surface area contributed by atoms with Crippen LogP contribution in [0, 0.1) is 6.92 Å². The number of benzene rings is 1. The molecule has 116 valence electrons. The van der Waals surface area contributed by atoms with E-state index in [0.29, 0.717) is 17.2 Å². The van der Waals surface area contributed by atoms with Crippen molar-refractivity contribution in [3.63, 3.8) is 0 Å². The molecule has 0 saturated heterocycles. The smallest absolute Gasteiger partial charge is 0.270 e. The molecule has 1 aromatic carbocycles. The Morgan fingerprint density at radius 2 is 2.32 bits per heavy atom. The Kier molecular flexibility index (Phi) is 4.47. The molecule has 0 bridgehead atoms. The number of hydrogen-bond donors (Lipinski definition) is 0. The van der Waals surface area contributed by atoms with E-state index in [9.17, 15) is 4.79 Å². The van der Waals surface area contributed by atoms with Crippen molar-refractivity contribution < 1.29 is 9.53 Å². The van der Waals surface area contributed by atoms with Gasteiger partial charge in [-0.1, -0.05) is 11.6 Å². The lowest BCUT2D eigenvalue weighted by Crippen LogP contribution is -2.36. The molecule has 1 amide bonds. The van der Waals surface area contributed by atoms with Gasteiger partial charge in [-0.25, -0.2) is 4.98 Å². The lowest BCUT2D eigenvalue weighted by Gasteiger charge is -2.31. The second-order valence-corrected chi connectivity index (χ2v) is 6.64. The van der Waals surface area contributed by atoms with E-state index in [-0.39, 0.29) is 5.91 Å². The number of amides is 1. The minimum atomic E-state index is 0.000854. The number of halogens is 1. The van der Waals surface area contributed by atoms with Gasteiger partial charge in [0.05, 0.1) is 23.5 Å². The van der Waals surface area contributed by atoms with Gasteiger partial charge in [-0.05, 0) is 43.0 Å². The molecule has 22 heavy (non-hydrogen) atoms. The zero-order valence-electron chi connectivity index (χ0n) is 12.6. The summed E-state index contributed by atoms with van der Waals surface area (Å²) in [6.07, 6.45) is 1.89. The van der Waals surface area contributed by atoms with Crippen LogP contribution >= 0.6 is 22.9 Å². The average molecular weight is 337 g/mol. The predicted octanol–water partition coefficient (Wildman–Crippen LogP) is 3.84. The van der Waals surface area contributed by atoms with E-state index in [1.165, 1.54) is 11.3 Å². The van der Waals surface area contributed by atoms with Crippen molar-refractivity contribution in [1.82, 2.24) is 4.98 Å². The fourth-order valence-corrected chi connectivity index (χ4v) is 3.97. The minimum Gasteiger partial charge on any atom is -0.378 e. The van der Waals surface area contributed by atoms with E-state index in [2.05, 4.69) is 4.98 Å². The van der Waals surface area contributed by atoms with Crippen LogP contribution in [0.4, 0.5) is 5.69 Å². The number of fused-ring (bicyclic) bond motifs is 1. The summed E-state index contributed by atoms with van der Waals surface area (Å²) in [7, 11) is 1.61. The zero-order valence-corrected chi connectivity index (χ0v) is 14.1. The Labute approximate surface area is 138 Å². The van der Waals surface area contributed by atoms with Crippen LogP contribution < -0.4 is 4.90 Å². The Morgan fingerprint density at radius 3 is 3.09 bits per heavy atom. The normalized spacial score (nSPS) is 14.0. The lowest BCUT2D eigenvalue weighted by atomic mass is 9.98. The average Bonchev–Trinajstić information content (AvgIpc) is 2.94. The van der Waals surface area contributed by atoms with E-state index in [1.807, 2.05) is 24.0 Å². The van der Waals surface area contributed by atoms with Crippen molar-refractivity contribution in [3.05, 3.63) is 44.4 Å². The van der Waals surface area contributed by atoms with Crippen LogP contribution in [0.15, 0.2) is 17.6 Å². The summed E-state index contributed by atoms with van der Waals surface area (Å²) in [5.41, 5.74) is 5.57. The third-order valence-corrected chi connectivity index (χ3v) is 4.88. The maximum absolute atomic E-state index is 13.0. The largest absolute Gasteiger partial charge is 0.378 e. The van der Waals surface area contributed by atoms with E-state index >= 15 is 0 Å². The highest BCUT2D eigenvalue weighted by molar-refractivity contribution is 7.12. The summed E-state index contributed by atoms with van der Waals surface area (Å²) in [5, 5.41) is 0.725. The molecule has 0 saturated carbocycles. The Hall–Kier alpha value is -1.43. The number of aromatic nitrogens is 1. The van der Waals surface area contributed by atoms with Crippen molar-refractivity contribution in [3.8, 4) is 0 Å². The number of rotatable bonds is 3. The minimum absolute atomic E-state index is 0.000854. The predicted molar refractivity (Wildman–Crippen MR) is 89.0 cm³/mol. The molecule has 2 heterocycles. The van der Waals surface area contributed by atoms with E-state index in [0.717, 1.165) is 41.2 Å². The fourth-order valence-electron chi connectivity index (χ4n) is 2.93. The summed E-state index contributed by atoms with van der Waals surface area (Å²) in [4.78, 5) is 19.7. The van der Waals surface area contributed by atoms with Gasteiger partial charge in [-0.3, -0.25) is 4.79 Å². The van der Waals surface area contributed by atoms with Crippen LogP contribution in [0.1, 0.15) is 32.9 Å². The molecule has 3 rings (SSSR count). The van der Waals surface area contributed by atoms with Gasteiger partial charge in [-0.15, -0.1) is 11.3 Å². The number of nitrogens with zero attached hydrogens (tertiary/aromatic N) is 2. The van der Waals surface area contributed by atoms with Gasteiger partial charge in [-0.2, -0.15) is 0 Å². The first-order valence-electron chi connectivity index (χ1n) is 7.14. The summed E-state index contributed by atoms with van der Waals surface area (Å²) < 4.78 is 5.13. The molecule has 6 heteroatoms. The molecule has 0 unspecified atom stereocenters. The van der Waals surface area contributed by atoms with Gasteiger partial charge in [0, 0.05) is 18.7 Å². The highest BCUT2D eigenvalue weighted by atomic mass is 35.5. The molecule has 0 fully saturated rings. The number of carbonyl (C=O) groups is 1. The number of methoxy groups -OCH3 is 1. The molecule has 4 nitrogen and oxygen atoms in total. The van der Waals surface area contributed by atoms with Crippen molar-refractivity contribution >= 4 is 34.5 Å². The maximum atomic E-state index is 13.0. The molecule has 2 aromatic rings. The number of anilines is 1. The first-order chi connectivity index (χ1) is 10.6. The van der Waals surface area contributed by atoms with Crippen molar-refractivity contribution in [2.24, 2.45) is 0 Å². The highest BCUT2D eigenvalue weighted by Crippen LogP contribution is 2.35. The molecular formula is C16H17ClN2O2S. The number of aryl methyl sites for hydroxylation is 2. The number of carbonyl (C=O) groups excluding carboxylic acids is 1. The van der Waals surface area contributed by atoms with Crippen molar-refractivity contribution in [1.29, 1.82) is 0 Å². The number of hydrogen-bond acceptors (Lipinski definition) is 4. The third-order valence-electron chi connectivity index (χ3n) is 3.80. The molecular weight excluding hydrogens is 320 g/mol. The van der Waals surface area contributed by atoms with Crippen LogP contribution in [0.25, 0.3) is 0 Å². The van der Waals surface area contributed by atoms with Gasteiger partial charge < -0.3 is 9.64 Å². The summed E-state index contributed by atoms with van der Waals surface area (Å²) in [6, 6.07) is 3.88. The zero-order chi connectivity index (χ0) is 15.7. The maximum Gasteiger partial charge on any atom is 0.270 e. The van der Waals surface area contributed by atoms with Gasteiger partial charge >= 0.3 is 0 Å². The molecule has 0 radical (unpaired) electrons. The standard InChI is InChI=1S/C16H17ClN2O2S/c1-10-6-12(17)7-11-4-3-5-19(14(10)11)16(20)15-13(8-21-2)18-9-22-15/h6-7,9H,3-5,8H2,1-2H3. The van der Waals surface area contributed by atoms with Crippen LogP contribution in [0.2, 0.25) is 5.02 Å². The molecule has 0 aliphatic carbocycles. The van der Waals surface area contributed by atoms with Gasteiger partial charge in [0.15, 0.2) is 0 Å². The molecule has 1 aromatic heterocycles. The highest BCUT2D eigenvalue weighted by Gasteiger charge is 2.28. The summed E-state index contributed by atoms with van der Waals surface area (Å²) >= 11 is 7.51. The second-order valence-electron chi connectivity index (χ2n) is 5.35. The summed E-state index contributed by atoms with van der Waals surface area (Å²) in [5.74, 6) is 0.000854. The van der Waals surface area contributed by atoms with Crippen LogP contribution in [0.5, 0.6) is 0 Å². The molecule has 0 N–H and O–H groups in total. The number of ether oxygens (including phenoxy) is 1. The van der Waals surface area contributed by atoms with Crippen molar-refractivity contribution in [2.75, 3.05) is 18.6 Å².